The number of aryl methyl sites for hydroxylation is 1. The standard InChI is InChI=1S/C7H6ClFO2S/c1-4-2-6(9)7(12(10)11)3-5(4)8/h2-3,12H,1H3. The van der Waals surface area contributed by atoms with Crippen molar-refractivity contribution >= 4 is 22.3 Å². The fraction of sp³-hybridized carbons (Fsp3) is 0.143. The zero-order chi connectivity index (χ0) is 9.30. The van der Waals surface area contributed by atoms with Crippen LogP contribution in [0, 0.1) is 12.7 Å². The van der Waals surface area contributed by atoms with Crippen molar-refractivity contribution in [1.29, 1.82) is 0 Å². The van der Waals surface area contributed by atoms with Crippen molar-refractivity contribution in [3.63, 3.8) is 0 Å². The topological polar surface area (TPSA) is 34.1 Å². The van der Waals surface area contributed by atoms with E-state index >= 15 is 0 Å². The Labute approximate surface area is 75.9 Å². The van der Waals surface area contributed by atoms with Gasteiger partial charge in [0.05, 0.1) is 0 Å². The van der Waals surface area contributed by atoms with Crippen LogP contribution in [0.5, 0.6) is 0 Å². The van der Waals surface area contributed by atoms with Crippen LogP contribution in [0.4, 0.5) is 4.39 Å². The molecule has 0 saturated carbocycles. The van der Waals surface area contributed by atoms with Crippen LogP contribution in [0.25, 0.3) is 0 Å². The van der Waals surface area contributed by atoms with Crippen molar-refractivity contribution in [2.75, 3.05) is 0 Å². The summed E-state index contributed by atoms with van der Waals surface area (Å²) in [5.41, 5.74) is 0.523. The molecule has 66 valence electrons. The van der Waals surface area contributed by atoms with Crippen molar-refractivity contribution in [2.45, 2.75) is 11.8 Å². The number of benzene rings is 1. The maximum atomic E-state index is 12.8. The summed E-state index contributed by atoms with van der Waals surface area (Å²) in [6.45, 7) is 1.60. The van der Waals surface area contributed by atoms with Crippen LogP contribution in [-0.2, 0) is 10.7 Å². The summed E-state index contributed by atoms with van der Waals surface area (Å²) >= 11 is 5.60. The lowest BCUT2D eigenvalue weighted by atomic mass is 10.2. The Bertz CT molecular complexity index is 379. The third-order valence-electron chi connectivity index (χ3n) is 1.42. The molecule has 0 bridgehead atoms. The van der Waals surface area contributed by atoms with E-state index in [0.717, 1.165) is 12.1 Å². The number of hydrogen-bond acceptors (Lipinski definition) is 2. The molecule has 5 heteroatoms. The molecule has 0 saturated heterocycles. The van der Waals surface area contributed by atoms with Gasteiger partial charge in [-0.15, -0.1) is 0 Å². The molecule has 1 rings (SSSR count). The van der Waals surface area contributed by atoms with E-state index in [1.54, 1.807) is 6.92 Å². The molecule has 0 aliphatic heterocycles. The monoisotopic (exact) mass is 208 g/mol. The maximum absolute atomic E-state index is 12.8. The van der Waals surface area contributed by atoms with E-state index in [1.165, 1.54) is 0 Å². The smallest absolute Gasteiger partial charge is 0.171 e. The van der Waals surface area contributed by atoms with Crippen molar-refractivity contribution < 1.29 is 12.8 Å². The van der Waals surface area contributed by atoms with Crippen molar-refractivity contribution in [1.82, 2.24) is 0 Å². The third kappa shape index (κ3) is 1.76. The summed E-state index contributed by atoms with van der Waals surface area (Å²) in [5, 5.41) is 0.255. The molecule has 0 heterocycles. The molecule has 0 aliphatic rings. The largest absolute Gasteiger partial charge is 0.227 e. The Hall–Kier alpha value is -0.610. The first-order chi connectivity index (χ1) is 5.52. The van der Waals surface area contributed by atoms with Crippen LogP contribution < -0.4 is 0 Å². The van der Waals surface area contributed by atoms with Gasteiger partial charge in [-0.25, -0.2) is 12.8 Å². The van der Waals surface area contributed by atoms with Gasteiger partial charge >= 0.3 is 0 Å². The predicted molar refractivity (Wildman–Crippen MR) is 44.7 cm³/mol. The van der Waals surface area contributed by atoms with Gasteiger partial charge in [-0.1, -0.05) is 11.6 Å². The molecular formula is C7H6ClFO2S. The fourth-order valence-electron chi connectivity index (χ4n) is 0.776. The highest BCUT2D eigenvalue weighted by atomic mass is 35.5. The van der Waals surface area contributed by atoms with Gasteiger partial charge in [0.1, 0.15) is 10.7 Å². The summed E-state index contributed by atoms with van der Waals surface area (Å²) in [4.78, 5) is -0.361. The minimum atomic E-state index is -2.90. The fourth-order valence-corrected chi connectivity index (χ4v) is 1.49. The van der Waals surface area contributed by atoms with Gasteiger partial charge in [-0.2, -0.15) is 0 Å². The highest BCUT2D eigenvalue weighted by molar-refractivity contribution is 7.72. The molecule has 0 atom stereocenters. The molecule has 2 nitrogen and oxygen atoms in total. The SMILES string of the molecule is Cc1cc(F)c([SH](=O)=O)cc1Cl. The molecule has 12 heavy (non-hydrogen) atoms. The van der Waals surface area contributed by atoms with Gasteiger partial charge in [0.2, 0.25) is 0 Å². The van der Waals surface area contributed by atoms with Crippen LogP contribution in [0.2, 0.25) is 5.02 Å². The Balaban J connectivity index is 3.43. The number of rotatable bonds is 1. The van der Waals surface area contributed by atoms with Crippen LogP contribution in [0.15, 0.2) is 17.0 Å². The Morgan fingerprint density at radius 1 is 1.42 bits per heavy atom. The van der Waals surface area contributed by atoms with E-state index in [2.05, 4.69) is 0 Å². The van der Waals surface area contributed by atoms with Gasteiger partial charge in [0, 0.05) is 5.02 Å². The van der Waals surface area contributed by atoms with Crippen LogP contribution in [-0.4, -0.2) is 8.42 Å². The van der Waals surface area contributed by atoms with Crippen molar-refractivity contribution in [3.8, 4) is 0 Å². The molecule has 0 N–H and O–H groups in total. The van der Waals surface area contributed by atoms with Crippen LogP contribution in [0.1, 0.15) is 5.56 Å². The predicted octanol–water partition coefficient (Wildman–Crippen LogP) is 1.76. The molecule has 1 aromatic carbocycles. The molecule has 0 aliphatic carbocycles. The molecule has 1 aromatic rings. The van der Waals surface area contributed by atoms with Gasteiger partial charge in [-0.3, -0.25) is 0 Å². The van der Waals surface area contributed by atoms with Gasteiger partial charge < -0.3 is 0 Å². The normalized spacial score (nSPS) is 10.7. The van der Waals surface area contributed by atoms with Crippen molar-refractivity contribution in [2.24, 2.45) is 0 Å². The Morgan fingerprint density at radius 3 is 2.50 bits per heavy atom. The minimum absolute atomic E-state index is 0.255. The molecule has 0 radical (unpaired) electrons. The number of halogens is 2. The molecule has 0 fully saturated rings. The second-order valence-corrected chi connectivity index (χ2v) is 3.71. The van der Waals surface area contributed by atoms with Crippen LogP contribution >= 0.6 is 11.6 Å². The van der Waals surface area contributed by atoms with E-state index < -0.39 is 16.5 Å². The zero-order valence-corrected chi connectivity index (χ0v) is 7.82. The lowest BCUT2D eigenvalue weighted by Gasteiger charge is -1.99. The highest BCUT2D eigenvalue weighted by Gasteiger charge is 2.07. The number of thiol groups is 1. The second-order valence-electron chi connectivity index (χ2n) is 2.31. The van der Waals surface area contributed by atoms with E-state index in [-0.39, 0.29) is 9.92 Å². The summed E-state index contributed by atoms with van der Waals surface area (Å²) in [5.74, 6) is -0.756. The number of hydrogen-bond donors (Lipinski definition) is 1. The molecule has 0 amide bonds. The minimum Gasteiger partial charge on any atom is -0.227 e. The Kier molecular flexibility index (Phi) is 2.69. The average Bonchev–Trinajstić information content (AvgIpc) is 1.96. The molecular weight excluding hydrogens is 203 g/mol. The summed E-state index contributed by atoms with van der Waals surface area (Å²) < 4.78 is 33.7. The first-order valence-electron chi connectivity index (χ1n) is 3.12. The first kappa shape index (κ1) is 9.48. The highest BCUT2D eigenvalue weighted by Crippen LogP contribution is 2.20. The summed E-state index contributed by atoms with van der Waals surface area (Å²) in [6, 6.07) is 2.21. The lowest BCUT2D eigenvalue weighted by Crippen LogP contribution is -1.89. The lowest BCUT2D eigenvalue weighted by molar-refractivity contribution is 0.578. The first-order valence-corrected chi connectivity index (χ1v) is 4.68. The molecule has 0 spiro atoms. The zero-order valence-electron chi connectivity index (χ0n) is 6.17. The quantitative estimate of drug-likeness (QED) is 0.714. The van der Waals surface area contributed by atoms with E-state index in [9.17, 15) is 12.8 Å². The van der Waals surface area contributed by atoms with Gasteiger partial charge in [0.15, 0.2) is 10.7 Å². The van der Waals surface area contributed by atoms with Crippen LogP contribution in [0.3, 0.4) is 0 Å². The molecule has 0 aromatic heterocycles. The van der Waals surface area contributed by atoms with E-state index in [1.807, 2.05) is 0 Å². The van der Waals surface area contributed by atoms with Gasteiger partial charge in [-0.05, 0) is 24.6 Å². The average molecular weight is 209 g/mol. The Morgan fingerprint density at radius 2 is 2.00 bits per heavy atom. The van der Waals surface area contributed by atoms with E-state index in [4.69, 9.17) is 11.6 Å². The maximum Gasteiger partial charge on any atom is 0.171 e. The third-order valence-corrected chi connectivity index (χ3v) is 2.57. The molecule has 0 unspecified atom stereocenters. The van der Waals surface area contributed by atoms with Gasteiger partial charge in [0.25, 0.3) is 0 Å². The van der Waals surface area contributed by atoms with Crippen molar-refractivity contribution in [3.05, 3.63) is 28.5 Å². The summed E-state index contributed by atoms with van der Waals surface area (Å²) in [7, 11) is -2.90. The van der Waals surface area contributed by atoms with E-state index in [0.29, 0.717) is 5.56 Å². The second kappa shape index (κ2) is 3.41. The summed E-state index contributed by atoms with van der Waals surface area (Å²) in [6.07, 6.45) is 0.